The van der Waals surface area contributed by atoms with Gasteiger partial charge in [0.25, 0.3) is 0 Å². The van der Waals surface area contributed by atoms with Crippen LogP contribution in [0.3, 0.4) is 0 Å². The molecule has 2 aromatic carbocycles. The van der Waals surface area contributed by atoms with Gasteiger partial charge in [-0.15, -0.1) is 0 Å². The molecule has 0 aliphatic heterocycles. The normalized spacial score (nSPS) is 10.3. The molecule has 0 aromatic heterocycles. The fraction of sp³-hybridized carbons (Fsp3) is 0.235. The first-order valence-corrected chi connectivity index (χ1v) is 6.83. The number of aryl methyl sites for hydroxylation is 2. The molecule has 0 unspecified atom stereocenters. The Hall–Kier alpha value is -2.29. The Bertz CT molecular complexity index is 606. The maximum Gasteiger partial charge on any atom is 0.228 e. The lowest BCUT2D eigenvalue weighted by Crippen LogP contribution is -2.16. The zero-order valence-electron chi connectivity index (χ0n) is 11.9. The summed E-state index contributed by atoms with van der Waals surface area (Å²) in [5, 5.41) is 3.01. The lowest BCUT2D eigenvalue weighted by atomic mass is 10.0. The van der Waals surface area contributed by atoms with E-state index in [1.165, 1.54) is 0 Å². The Morgan fingerprint density at radius 3 is 2.55 bits per heavy atom. The van der Waals surface area contributed by atoms with Crippen LogP contribution in [0.2, 0.25) is 0 Å². The van der Waals surface area contributed by atoms with Crippen LogP contribution in [-0.4, -0.2) is 5.91 Å². The fourth-order valence-corrected chi connectivity index (χ4v) is 2.31. The highest BCUT2D eigenvalue weighted by Gasteiger charge is 2.10. The summed E-state index contributed by atoms with van der Waals surface area (Å²) in [6, 6.07) is 13.5. The molecule has 0 heterocycles. The maximum absolute atomic E-state index is 12.1. The van der Waals surface area contributed by atoms with Gasteiger partial charge in [-0.3, -0.25) is 4.79 Å². The van der Waals surface area contributed by atoms with Crippen molar-refractivity contribution >= 4 is 17.3 Å². The average molecular weight is 268 g/mol. The van der Waals surface area contributed by atoms with E-state index in [9.17, 15) is 4.79 Å². The van der Waals surface area contributed by atoms with Gasteiger partial charge in [-0.1, -0.05) is 37.3 Å². The summed E-state index contributed by atoms with van der Waals surface area (Å²) in [5.41, 5.74) is 10.6. The molecule has 0 aliphatic carbocycles. The SMILES string of the molecule is CCc1cc(N)cc(C)c1NC(=O)Cc1ccccc1. The topological polar surface area (TPSA) is 55.1 Å². The van der Waals surface area contributed by atoms with Crippen LogP contribution in [0.1, 0.15) is 23.6 Å². The molecular formula is C17H20N2O. The van der Waals surface area contributed by atoms with Crippen molar-refractivity contribution in [3.8, 4) is 0 Å². The van der Waals surface area contributed by atoms with Gasteiger partial charge in [-0.05, 0) is 42.2 Å². The Kier molecular flexibility index (Phi) is 4.41. The summed E-state index contributed by atoms with van der Waals surface area (Å²) < 4.78 is 0. The summed E-state index contributed by atoms with van der Waals surface area (Å²) in [7, 11) is 0. The molecule has 1 amide bonds. The minimum atomic E-state index is -0.00114. The van der Waals surface area contributed by atoms with Crippen LogP contribution in [-0.2, 0) is 17.6 Å². The highest BCUT2D eigenvalue weighted by atomic mass is 16.1. The molecule has 0 bridgehead atoms. The first-order chi connectivity index (χ1) is 9.60. The van der Waals surface area contributed by atoms with Crippen molar-refractivity contribution in [3.63, 3.8) is 0 Å². The average Bonchev–Trinajstić information content (AvgIpc) is 2.42. The molecule has 2 rings (SSSR count). The monoisotopic (exact) mass is 268 g/mol. The molecule has 3 heteroatoms. The number of carbonyl (C=O) groups excluding carboxylic acids is 1. The van der Waals surface area contributed by atoms with Crippen LogP contribution in [0.15, 0.2) is 42.5 Å². The number of amides is 1. The van der Waals surface area contributed by atoms with Crippen molar-refractivity contribution in [1.82, 2.24) is 0 Å². The molecule has 0 fully saturated rings. The van der Waals surface area contributed by atoms with Crippen LogP contribution in [0.4, 0.5) is 11.4 Å². The Labute approximate surface area is 119 Å². The number of nitrogen functional groups attached to an aromatic ring is 1. The Morgan fingerprint density at radius 2 is 1.90 bits per heavy atom. The van der Waals surface area contributed by atoms with E-state index in [0.29, 0.717) is 6.42 Å². The van der Waals surface area contributed by atoms with Crippen LogP contribution in [0, 0.1) is 6.92 Å². The summed E-state index contributed by atoms with van der Waals surface area (Å²) >= 11 is 0. The quantitative estimate of drug-likeness (QED) is 0.836. The lowest BCUT2D eigenvalue weighted by molar-refractivity contribution is -0.115. The van der Waals surface area contributed by atoms with Gasteiger partial charge in [-0.25, -0.2) is 0 Å². The second-order valence-corrected chi connectivity index (χ2v) is 4.94. The van der Waals surface area contributed by atoms with E-state index in [-0.39, 0.29) is 5.91 Å². The molecule has 0 radical (unpaired) electrons. The summed E-state index contributed by atoms with van der Waals surface area (Å²) in [5.74, 6) is -0.00114. The van der Waals surface area contributed by atoms with E-state index in [1.807, 2.05) is 49.4 Å². The Morgan fingerprint density at radius 1 is 1.20 bits per heavy atom. The minimum absolute atomic E-state index is 0.00114. The van der Waals surface area contributed by atoms with Crippen LogP contribution < -0.4 is 11.1 Å². The molecule has 0 spiro atoms. The van der Waals surface area contributed by atoms with E-state index >= 15 is 0 Å². The van der Waals surface area contributed by atoms with Gasteiger partial charge in [0.1, 0.15) is 0 Å². The van der Waals surface area contributed by atoms with E-state index in [0.717, 1.165) is 34.5 Å². The molecule has 2 aromatic rings. The first kappa shape index (κ1) is 14.1. The smallest absolute Gasteiger partial charge is 0.228 e. The van der Waals surface area contributed by atoms with Gasteiger partial charge in [0.15, 0.2) is 0 Å². The molecule has 104 valence electrons. The van der Waals surface area contributed by atoms with E-state index in [4.69, 9.17) is 5.73 Å². The second kappa shape index (κ2) is 6.24. The number of nitrogens with one attached hydrogen (secondary N) is 1. The van der Waals surface area contributed by atoms with Gasteiger partial charge in [0, 0.05) is 11.4 Å². The predicted molar refractivity (Wildman–Crippen MR) is 83.7 cm³/mol. The molecule has 3 N–H and O–H groups in total. The second-order valence-electron chi connectivity index (χ2n) is 4.94. The zero-order valence-corrected chi connectivity index (χ0v) is 11.9. The van der Waals surface area contributed by atoms with Crippen molar-refractivity contribution in [2.24, 2.45) is 0 Å². The van der Waals surface area contributed by atoms with Crippen molar-refractivity contribution in [2.75, 3.05) is 11.1 Å². The van der Waals surface area contributed by atoms with Gasteiger partial charge < -0.3 is 11.1 Å². The van der Waals surface area contributed by atoms with Gasteiger partial charge in [0.2, 0.25) is 5.91 Å². The van der Waals surface area contributed by atoms with Crippen LogP contribution >= 0.6 is 0 Å². The third kappa shape index (κ3) is 3.38. The molecule has 20 heavy (non-hydrogen) atoms. The number of hydrogen-bond donors (Lipinski definition) is 2. The molecule has 0 saturated carbocycles. The Balaban J connectivity index is 2.16. The third-order valence-corrected chi connectivity index (χ3v) is 3.29. The van der Waals surface area contributed by atoms with E-state index in [1.54, 1.807) is 0 Å². The lowest BCUT2D eigenvalue weighted by Gasteiger charge is -2.14. The maximum atomic E-state index is 12.1. The van der Waals surface area contributed by atoms with Gasteiger partial charge in [-0.2, -0.15) is 0 Å². The molecule has 0 aliphatic rings. The standard InChI is InChI=1S/C17H20N2O/c1-3-14-11-15(18)9-12(2)17(14)19-16(20)10-13-7-5-4-6-8-13/h4-9,11H,3,10,18H2,1-2H3,(H,19,20). The molecule has 0 atom stereocenters. The molecule has 0 saturated heterocycles. The van der Waals surface area contributed by atoms with Gasteiger partial charge in [0.05, 0.1) is 6.42 Å². The fourth-order valence-electron chi connectivity index (χ4n) is 2.31. The summed E-state index contributed by atoms with van der Waals surface area (Å²) in [6.07, 6.45) is 1.22. The highest BCUT2D eigenvalue weighted by Crippen LogP contribution is 2.24. The number of carbonyl (C=O) groups is 1. The third-order valence-electron chi connectivity index (χ3n) is 3.29. The van der Waals surface area contributed by atoms with E-state index < -0.39 is 0 Å². The van der Waals surface area contributed by atoms with Crippen LogP contribution in [0.5, 0.6) is 0 Å². The van der Waals surface area contributed by atoms with Crippen molar-refractivity contribution in [3.05, 3.63) is 59.2 Å². The highest BCUT2D eigenvalue weighted by molar-refractivity contribution is 5.94. The predicted octanol–water partition coefficient (Wildman–Crippen LogP) is 3.32. The van der Waals surface area contributed by atoms with Crippen LogP contribution in [0.25, 0.3) is 0 Å². The number of nitrogens with two attached hydrogens (primary N) is 1. The number of hydrogen-bond acceptors (Lipinski definition) is 2. The largest absolute Gasteiger partial charge is 0.399 e. The minimum Gasteiger partial charge on any atom is -0.399 e. The summed E-state index contributed by atoms with van der Waals surface area (Å²) in [4.78, 5) is 12.1. The first-order valence-electron chi connectivity index (χ1n) is 6.83. The number of benzene rings is 2. The summed E-state index contributed by atoms with van der Waals surface area (Å²) in [6.45, 7) is 4.02. The number of anilines is 2. The molecule has 3 nitrogen and oxygen atoms in total. The zero-order chi connectivity index (χ0) is 14.5. The van der Waals surface area contributed by atoms with Crippen molar-refractivity contribution in [1.29, 1.82) is 0 Å². The van der Waals surface area contributed by atoms with Crippen molar-refractivity contribution < 1.29 is 4.79 Å². The van der Waals surface area contributed by atoms with Crippen molar-refractivity contribution in [2.45, 2.75) is 26.7 Å². The molecular weight excluding hydrogens is 248 g/mol. The van der Waals surface area contributed by atoms with Gasteiger partial charge >= 0.3 is 0 Å². The number of rotatable bonds is 4. The van der Waals surface area contributed by atoms with E-state index in [2.05, 4.69) is 12.2 Å².